The van der Waals surface area contributed by atoms with E-state index in [4.69, 9.17) is 4.74 Å². The average Bonchev–Trinajstić information content (AvgIpc) is 2.17. The lowest BCUT2D eigenvalue weighted by molar-refractivity contribution is 0.415. The van der Waals surface area contributed by atoms with E-state index in [-0.39, 0.29) is 6.67 Å². The molecule has 0 unspecified atom stereocenters. The van der Waals surface area contributed by atoms with E-state index < -0.39 is 0 Å². The highest BCUT2D eigenvalue weighted by Gasteiger charge is 1.99. The molecule has 1 aromatic rings. The molecule has 0 atom stereocenters. The molecule has 1 N–H and O–H groups in total. The zero-order chi connectivity index (χ0) is 9.68. The van der Waals surface area contributed by atoms with Crippen molar-refractivity contribution in [2.45, 2.75) is 6.92 Å². The molecule has 0 saturated carbocycles. The summed E-state index contributed by atoms with van der Waals surface area (Å²) in [7, 11) is 1.61. The van der Waals surface area contributed by atoms with Crippen LogP contribution in [0.4, 0.5) is 10.1 Å². The van der Waals surface area contributed by atoms with Crippen LogP contribution in [0.1, 0.15) is 5.56 Å². The maximum atomic E-state index is 11.9. The number of benzene rings is 1. The molecule has 72 valence electrons. The van der Waals surface area contributed by atoms with Crippen LogP contribution in [-0.4, -0.2) is 20.3 Å². The summed E-state index contributed by atoms with van der Waals surface area (Å²) < 4.78 is 17.0. The number of hydrogen-bond donors (Lipinski definition) is 1. The van der Waals surface area contributed by atoms with E-state index >= 15 is 0 Å². The van der Waals surface area contributed by atoms with Crippen molar-refractivity contribution in [2.24, 2.45) is 0 Å². The summed E-state index contributed by atoms with van der Waals surface area (Å²) in [6.45, 7) is 1.95. The summed E-state index contributed by atoms with van der Waals surface area (Å²) in [6, 6.07) is 5.69. The lowest BCUT2D eigenvalue weighted by Crippen LogP contribution is -2.04. The van der Waals surface area contributed by atoms with Crippen LogP contribution in [0.5, 0.6) is 5.75 Å². The first-order valence-electron chi connectivity index (χ1n) is 4.22. The molecular formula is C10H14FNO. The molecule has 0 amide bonds. The Labute approximate surface area is 77.7 Å². The molecule has 0 saturated heterocycles. The van der Waals surface area contributed by atoms with Crippen LogP contribution in [0, 0.1) is 6.92 Å². The minimum absolute atomic E-state index is 0.341. The monoisotopic (exact) mass is 183 g/mol. The first-order chi connectivity index (χ1) is 6.27. The average molecular weight is 183 g/mol. The topological polar surface area (TPSA) is 21.3 Å². The minimum Gasteiger partial charge on any atom is -0.497 e. The second-order valence-electron chi connectivity index (χ2n) is 2.80. The van der Waals surface area contributed by atoms with Gasteiger partial charge in [-0.05, 0) is 18.6 Å². The highest BCUT2D eigenvalue weighted by molar-refractivity contribution is 5.54. The van der Waals surface area contributed by atoms with Gasteiger partial charge in [0.1, 0.15) is 12.4 Å². The van der Waals surface area contributed by atoms with Crippen LogP contribution in [0.25, 0.3) is 0 Å². The molecule has 13 heavy (non-hydrogen) atoms. The van der Waals surface area contributed by atoms with Gasteiger partial charge < -0.3 is 10.1 Å². The van der Waals surface area contributed by atoms with E-state index in [1.54, 1.807) is 7.11 Å². The molecule has 0 aliphatic heterocycles. The van der Waals surface area contributed by atoms with Gasteiger partial charge >= 0.3 is 0 Å². The van der Waals surface area contributed by atoms with Crippen LogP contribution in [-0.2, 0) is 0 Å². The third-order valence-electron chi connectivity index (χ3n) is 1.85. The van der Waals surface area contributed by atoms with Crippen LogP contribution in [0.3, 0.4) is 0 Å². The van der Waals surface area contributed by atoms with Gasteiger partial charge in [0, 0.05) is 18.3 Å². The fraction of sp³-hybridized carbons (Fsp3) is 0.400. The summed E-state index contributed by atoms with van der Waals surface area (Å²) in [5.74, 6) is 0.784. The van der Waals surface area contributed by atoms with Gasteiger partial charge in [-0.25, -0.2) is 4.39 Å². The first-order valence-corrected chi connectivity index (χ1v) is 4.22. The molecule has 0 fully saturated rings. The van der Waals surface area contributed by atoms with Gasteiger partial charge in [-0.3, -0.25) is 0 Å². The fourth-order valence-corrected chi connectivity index (χ4v) is 1.10. The third-order valence-corrected chi connectivity index (χ3v) is 1.85. The fourth-order valence-electron chi connectivity index (χ4n) is 1.10. The Hall–Kier alpha value is -1.25. The van der Waals surface area contributed by atoms with Gasteiger partial charge in [0.05, 0.1) is 7.11 Å². The number of methoxy groups -OCH3 is 1. The molecule has 0 radical (unpaired) electrons. The Morgan fingerprint density at radius 2 is 2.23 bits per heavy atom. The second kappa shape index (κ2) is 4.70. The zero-order valence-electron chi connectivity index (χ0n) is 7.93. The number of rotatable bonds is 4. The number of ether oxygens (including phenoxy) is 1. The van der Waals surface area contributed by atoms with Crippen LogP contribution in [0.15, 0.2) is 18.2 Å². The molecular weight excluding hydrogens is 169 g/mol. The number of aryl methyl sites for hydroxylation is 1. The standard InChI is InChI=1S/C10H14FNO/c1-8-3-4-9(13-2)7-10(8)12-6-5-11/h3-4,7,12H,5-6H2,1-2H3. The summed E-state index contributed by atoms with van der Waals surface area (Å²) >= 11 is 0. The molecule has 3 heteroatoms. The predicted octanol–water partition coefficient (Wildman–Crippen LogP) is 2.39. The molecule has 1 aromatic carbocycles. The van der Waals surface area contributed by atoms with E-state index in [2.05, 4.69) is 5.32 Å². The normalized spacial score (nSPS) is 9.77. The molecule has 1 rings (SSSR count). The summed E-state index contributed by atoms with van der Waals surface area (Å²) in [5, 5.41) is 2.98. The van der Waals surface area contributed by atoms with Crippen molar-refractivity contribution in [3.8, 4) is 5.75 Å². The zero-order valence-corrected chi connectivity index (χ0v) is 7.93. The van der Waals surface area contributed by atoms with E-state index in [9.17, 15) is 4.39 Å². The quantitative estimate of drug-likeness (QED) is 0.773. The Kier molecular flexibility index (Phi) is 3.55. The van der Waals surface area contributed by atoms with Crippen molar-refractivity contribution < 1.29 is 9.13 Å². The number of hydrogen-bond acceptors (Lipinski definition) is 2. The van der Waals surface area contributed by atoms with Crippen molar-refractivity contribution in [1.29, 1.82) is 0 Å². The highest BCUT2D eigenvalue weighted by Crippen LogP contribution is 2.21. The van der Waals surface area contributed by atoms with Gasteiger partial charge in [0.15, 0.2) is 0 Å². The summed E-state index contributed by atoms with van der Waals surface area (Å²) in [4.78, 5) is 0. The maximum absolute atomic E-state index is 11.9. The van der Waals surface area contributed by atoms with Gasteiger partial charge in [-0.1, -0.05) is 6.07 Å². The first kappa shape index (κ1) is 9.84. The Morgan fingerprint density at radius 3 is 2.85 bits per heavy atom. The van der Waals surface area contributed by atoms with Crippen molar-refractivity contribution in [3.05, 3.63) is 23.8 Å². The molecule has 0 spiro atoms. The van der Waals surface area contributed by atoms with Crippen LogP contribution < -0.4 is 10.1 Å². The number of nitrogens with one attached hydrogen (secondary N) is 1. The molecule has 0 aliphatic rings. The Balaban J connectivity index is 2.78. The minimum atomic E-state index is -0.364. The highest BCUT2D eigenvalue weighted by atomic mass is 19.1. The van der Waals surface area contributed by atoms with Crippen molar-refractivity contribution in [1.82, 2.24) is 0 Å². The largest absolute Gasteiger partial charge is 0.497 e. The number of halogens is 1. The van der Waals surface area contributed by atoms with Crippen molar-refractivity contribution in [3.63, 3.8) is 0 Å². The maximum Gasteiger partial charge on any atom is 0.120 e. The molecule has 0 heterocycles. The number of alkyl halides is 1. The summed E-state index contributed by atoms with van der Waals surface area (Å²) in [6.07, 6.45) is 0. The lowest BCUT2D eigenvalue weighted by Gasteiger charge is -2.09. The van der Waals surface area contributed by atoms with Gasteiger partial charge in [0.25, 0.3) is 0 Å². The molecule has 0 bridgehead atoms. The van der Waals surface area contributed by atoms with E-state index in [1.807, 2.05) is 25.1 Å². The summed E-state index contributed by atoms with van der Waals surface area (Å²) in [5.41, 5.74) is 2.02. The van der Waals surface area contributed by atoms with Gasteiger partial charge in [-0.15, -0.1) is 0 Å². The second-order valence-corrected chi connectivity index (χ2v) is 2.80. The van der Waals surface area contributed by atoms with E-state index in [0.717, 1.165) is 17.0 Å². The lowest BCUT2D eigenvalue weighted by atomic mass is 10.2. The van der Waals surface area contributed by atoms with Gasteiger partial charge in [-0.2, -0.15) is 0 Å². The Morgan fingerprint density at radius 1 is 1.46 bits per heavy atom. The van der Waals surface area contributed by atoms with Crippen LogP contribution >= 0.6 is 0 Å². The SMILES string of the molecule is COc1ccc(C)c(NCCF)c1. The molecule has 0 aliphatic carbocycles. The van der Waals surface area contributed by atoms with Crippen molar-refractivity contribution >= 4 is 5.69 Å². The third kappa shape index (κ3) is 2.61. The predicted molar refractivity (Wildman–Crippen MR) is 52.2 cm³/mol. The van der Waals surface area contributed by atoms with Crippen molar-refractivity contribution in [2.75, 3.05) is 25.6 Å². The number of anilines is 1. The Bertz CT molecular complexity index is 276. The van der Waals surface area contributed by atoms with E-state index in [0.29, 0.717) is 6.54 Å². The molecule has 2 nitrogen and oxygen atoms in total. The molecule has 0 aromatic heterocycles. The van der Waals surface area contributed by atoms with Crippen LogP contribution in [0.2, 0.25) is 0 Å². The van der Waals surface area contributed by atoms with E-state index in [1.165, 1.54) is 0 Å². The smallest absolute Gasteiger partial charge is 0.120 e. The van der Waals surface area contributed by atoms with Gasteiger partial charge in [0.2, 0.25) is 0 Å².